The number of rotatable bonds is 2. The van der Waals surface area contributed by atoms with Gasteiger partial charge in [-0.25, -0.2) is 9.97 Å². The van der Waals surface area contributed by atoms with E-state index in [1.54, 1.807) is 6.20 Å². The quantitative estimate of drug-likeness (QED) is 0.773. The maximum Gasteiger partial charge on any atom is 0.234 e. The molecule has 2 aromatic heterocycles. The maximum atomic E-state index is 5.89. The Kier molecular flexibility index (Phi) is 2.75. The van der Waals surface area contributed by atoms with Crippen LogP contribution in [0.2, 0.25) is 0 Å². The fourth-order valence-corrected chi connectivity index (χ4v) is 2.55. The first-order valence-corrected chi connectivity index (χ1v) is 6.79. The Morgan fingerprint density at radius 1 is 1.19 bits per heavy atom. The molecule has 1 aliphatic heterocycles. The minimum atomic E-state index is 0.386. The topological polar surface area (TPSA) is 74.7 Å². The maximum absolute atomic E-state index is 5.89. The average molecular weight is 282 g/mol. The summed E-state index contributed by atoms with van der Waals surface area (Å²) in [6.45, 7) is 1.53. The van der Waals surface area contributed by atoms with Gasteiger partial charge in [0.1, 0.15) is 13.2 Å². The van der Waals surface area contributed by atoms with Crippen molar-refractivity contribution < 1.29 is 9.47 Å². The fourth-order valence-electron chi connectivity index (χ4n) is 2.55. The van der Waals surface area contributed by atoms with E-state index in [-0.39, 0.29) is 0 Å². The van der Waals surface area contributed by atoms with Crippen LogP contribution in [0, 0.1) is 0 Å². The third kappa shape index (κ3) is 1.92. The van der Waals surface area contributed by atoms with Gasteiger partial charge in [-0.3, -0.25) is 4.40 Å². The molecule has 0 bridgehead atoms. The number of imidazole rings is 1. The van der Waals surface area contributed by atoms with Gasteiger partial charge in [0, 0.05) is 24.5 Å². The Morgan fingerprint density at radius 2 is 2.05 bits per heavy atom. The van der Waals surface area contributed by atoms with Gasteiger partial charge in [0.2, 0.25) is 5.78 Å². The predicted molar refractivity (Wildman–Crippen MR) is 77.3 cm³/mol. The van der Waals surface area contributed by atoms with Crippen LogP contribution >= 0.6 is 0 Å². The van der Waals surface area contributed by atoms with Gasteiger partial charge in [-0.1, -0.05) is 0 Å². The van der Waals surface area contributed by atoms with E-state index in [1.807, 2.05) is 34.9 Å². The summed E-state index contributed by atoms with van der Waals surface area (Å²) in [6, 6.07) is 7.67. The molecule has 106 valence electrons. The Bertz CT molecular complexity index is 813. The van der Waals surface area contributed by atoms with E-state index in [0.29, 0.717) is 25.5 Å². The summed E-state index contributed by atoms with van der Waals surface area (Å²) in [4.78, 5) is 8.84. The predicted octanol–water partition coefficient (Wildman–Crippen LogP) is 1.63. The van der Waals surface area contributed by atoms with Gasteiger partial charge in [0.05, 0.1) is 11.4 Å². The molecule has 6 heteroatoms. The molecule has 6 nitrogen and oxygen atoms in total. The number of aromatic nitrogens is 3. The first kappa shape index (κ1) is 12.2. The SMILES string of the molecule is NCc1c(-c2ccc3c(c2)OCCO3)nc2ncccn12. The molecule has 4 rings (SSSR count). The molecule has 3 heterocycles. The van der Waals surface area contributed by atoms with Crippen LogP contribution in [0.25, 0.3) is 17.0 Å². The van der Waals surface area contributed by atoms with Gasteiger partial charge in [-0.05, 0) is 24.3 Å². The number of nitrogens with zero attached hydrogens (tertiary/aromatic N) is 3. The molecule has 3 aromatic rings. The Balaban J connectivity index is 1.89. The summed E-state index contributed by atoms with van der Waals surface area (Å²) in [5.74, 6) is 2.15. The minimum Gasteiger partial charge on any atom is -0.486 e. The van der Waals surface area contributed by atoms with Gasteiger partial charge < -0.3 is 15.2 Å². The third-order valence-corrected chi connectivity index (χ3v) is 3.51. The van der Waals surface area contributed by atoms with Crippen molar-refractivity contribution in [2.45, 2.75) is 6.54 Å². The number of fused-ring (bicyclic) bond motifs is 2. The fraction of sp³-hybridized carbons (Fsp3) is 0.200. The zero-order valence-electron chi connectivity index (χ0n) is 11.3. The van der Waals surface area contributed by atoms with E-state index in [4.69, 9.17) is 15.2 Å². The lowest BCUT2D eigenvalue weighted by Gasteiger charge is -2.18. The van der Waals surface area contributed by atoms with Crippen molar-refractivity contribution in [3.63, 3.8) is 0 Å². The largest absolute Gasteiger partial charge is 0.486 e. The molecule has 1 aromatic carbocycles. The van der Waals surface area contributed by atoms with Gasteiger partial charge in [0.25, 0.3) is 0 Å². The molecule has 21 heavy (non-hydrogen) atoms. The highest BCUT2D eigenvalue weighted by atomic mass is 16.6. The molecule has 0 radical (unpaired) electrons. The summed E-state index contributed by atoms with van der Waals surface area (Å²) in [5.41, 5.74) is 8.59. The molecule has 0 spiro atoms. The molecule has 0 amide bonds. The minimum absolute atomic E-state index is 0.386. The average Bonchev–Trinajstić information content (AvgIpc) is 2.93. The zero-order chi connectivity index (χ0) is 14.2. The van der Waals surface area contributed by atoms with Crippen molar-refractivity contribution in [2.24, 2.45) is 5.73 Å². The summed E-state index contributed by atoms with van der Waals surface area (Å²) in [5, 5.41) is 0. The van der Waals surface area contributed by atoms with Crippen LogP contribution < -0.4 is 15.2 Å². The van der Waals surface area contributed by atoms with Crippen LogP contribution in [0.3, 0.4) is 0 Å². The Hall–Kier alpha value is -2.60. The molecule has 0 saturated carbocycles. The molecular formula is C15H14N4O2. The van der Waals surface area contributed by atoms with E-state index >= 15 is 0 Å². The van der Waals surface area contributed by atoms with Crippen LogP contribution in [0.1, 0.15) is 5.69 Å². The summed E-state index contributed by atoms with van der Waals surface area (Å²) in [6.07, 6.45) is 3.63. The second kappa shape index (κ2) is 4.75. The van der Waals surface area contributed by atoms with E-state index in [0.717, 1.165) is 28.5 Å². The van der Waals surface area contributed by atoms with Gasteiger partial charge in [0.15, 0.2) is 11.5 Å². The number of benzene rings is 1. The number of ether oxygens (including phenoxy) is 2. The molecule has 0 unspecified atom stereocenters. The number of hydrogen-bond acceptors (Lipinski definition) is 5. The van der Waals surface area contributed by atoms with E-state index in [2.05, 4.69) is 9.97 Å². The molecule has 0 atom stereocenters. The third-order valence-electron chi connectivity index (χ3n) is 3.51. The number of nitrogens with two attached hydrogens (primary N) is 1. The standard InChI is InChI=1S/C15H14N4O2/c16-9-11-14(18-15-17-4-1-5-19(11)15)10-2-3-12-13(8-10)21-7-6-20-12/h1-5,8H,6-7,9,16H2. The molecular weight excluding hydrogens is 268 g/mol. The summed E-state index contributed by atoms with van der Waals surface area (Å²) < 4.78 is 13.1. The lowest BCUT2D eigenvalue weighted by atomic mass is 10.1. The smallest absolute Gasteiger partial charge is 0.234 e. The molecule has 0 saturated heterocycles. The van der Waals surface area contributed by atoms with Crippen molar-refractivity contribution in [1.29, 1.82) is 0 Å². The van der Waals surface area contributed by atoms with Crippen molar-refractivity contribution in [3.8, 4) is 22.8 Å². The summed E-state index contributed by atoms with van der Waals surface area (Å²) in [7, 11) is 0. The van der Waals surface area contributed by atoms with Gasteiger partial charge >= 0.3 is 0 Å². The van der Waals surface area contributed by atoms with Gasteiger partial charge in [-0.2, -0.15) is 0 Å². The monoisotopic (exact) mass is 282 g/mol. The second-order valence-corrected chi connectivity index (χ2v) is 4.76. The molecule has 0 aliphatic carbocycles. The normalized spacial score (nSPS) is 13.6. The lowest BCUT2D eigenvalue weighted by Crippen LogP contribution is -2.15. The lowest BCUT2D eigenvalue weighted by molar-refractivity contribution is 0.171. The van der Waals surface area contributed by atoms with Crippen molar-refractivity contribution >= 4 is 5.78 Å². The van der Waals surface area contributed by atoms with E-state index < -0.39 is 0 Å². The van der Waals surface area contributed by atoms with Crippen LogP contribution in [-0.2, 0) is 6.54 Å². The van der Waals surface area contributed by atoms with Crippen molar-refractivity contribution in [2.75, 3.05) is 13.2 Å². The number of hydrogen-bond donors (Lipinski definition) is 1. The Morgan fingerprint density at radius 3 is 2.90 bits per heavy atom. The van der Waals surface area contributed by atoms with Crippen molar-refractivity contribution in [1.82, 2.24) is 14.4 Å². The highest BCUT2D eigenvalue weighted by molar-refractivity contribution is 5.68. The van der Waals surface area contributed by atoms with Crippen molar-refractivity contribution in [3.05, 3.63) is 42.4 Å². The van der Waals surface area contributed by atoms with Crippen LogP contribution in [0.15, 0.2) is 36.7 Å². The van der Waals surface area contributed by atoms with Crippen LogP contribution in [-0.4, -0.2) is 27.6 Å². The van der Waals surface area contributed by atoms with E-state index in [9.17, 15) is 0 Å². The highest BCUT2D eigenvalue weighted by Crippen LogP contribution is 2.35. The van der Waals surface area contributed by atoms with E-state index in [1.165, 1.54) is 0 Å². The van der Waals surface area contributed by atoms with Crippen LogP contribution in [0.4, 0.5) is 0 Å². The molecule has 1 aliphatic rings. The first-order chi connectivity index (χ1) is 10.4. The van der Waals surface area contributed by atoms with Crippen LogP contribution in [0.5, 0.6) is 11.5 Å². The summed E-state index contributed by atoms with van der Waals surface area (Å²) >= 11 is 0. The first-order valence-electron chi connectivity index (χ1n) is 6.79. The zero-order valence-corrected chi connectivity index (χ0v) is 11.3. The highest BCUT2D eigenvalue weighted by Gasteiger charge is 2.17. The Labute approximate surface area is 121 Å². The molecule has 2 N–H and O–H groups in total. The van der Waals surface area contributed by atoms with Gasteiger partial charge in [-0.15, -0.1) is 0 Å². The second-order valence-electron chi connectivity index (χ2n) is 4.76. The molecule has 0 fully saturated rings.